The van der Waals surface area contributed by atoms with Gasteiger partial charge in [-0.25, -0.2) is 4.68 Å². The van der Waals surface area contributed by atoms with Gasteiger partial charge in [-0.3, -0.25) is 9.59 Å². The Morgan fingerprint density at radius 1 is 1.38 bits per heavy atom. The predicted octanol–water partition coefficient (Wildman–Crippen LogP) is -0.692. The fourth-order valence-electron chi connectivity index (χ4n) is 3.22. The van der Waals surface area contributed by atoms with Crippen molar-refractivity contribution >= 4 is 11.8 Å². The number of carbonyl (C=O) groups is 2. The number of aryl methyl sites for hydroxylation is 2. The third-order valence-corrected chi connectivity index (χ3v) is 4.57. The monoisotopic (exact) mass is 292 g/mol. The zero-order valence-corrected chi connectivity index (χ0v) is 12.4. The SMILES string of the molecule is Cc1nnnn1CCC(=O)N1C[C@H]2CCN(C)C(=O)[C@H]2C1. The topological polar surface area (TPSA) is 84.2 Å². The van der Waals surface area contributed by atoms with Crippen molar-refractivity contribution in [3.8, 4) is 0 Å². The molecule has 1 aromatic heterocycles. The van der Waals surface area contributed by atoms with Crippen molar-refractivity contribution in [3.05, 3.63) is 5.82 Å². The maximum atomic E-state index is 12.3. The van der Waals surface area contributed by atoms with Crippen LogP contribution in [0.5, 0.6) is 0 Å². The largest absolute Gasteiger partial charge is 0.345 e. The Bertz CT molecular complexity index is 557. The molecule has 2 saturated heterocycles. The molecule has 8 nitrogen and oxygen atoms in total. The minimum absolute atomic E-state index is 0.0116. The van der Waals surface area contributed by atoms with E-state index < -0.39 is 0 Å². The van der Waals surface area contributed by atoms with E-state index in [1.807, 2.05) is 18.9 Å². The van der Waals surface area contributed by atoms with Gasteiger partial charge in [0.1, 0.15) is 5.82 Å². The molecule has 2 aliphatic heterocycles. The van der Waals surface area contributed by atoms with Crippen molar-refractivity contribution in [3.63, 3.8) is 0 Å². The molecule has 0 N–H and O–H groups in total. The van der Waals surface area contributed by atoms with E-state index in [1.165, 1.54) is 0 Å². The summed E-state index contributed by atoms with van der Waals surface area (Å²) in [6.45, 7) is 4.35. The fraction of sp³-hybridized carbons (Fsp3) is 0.769. The zero-order chi connectivity index (χ0) is 15.0. The van der Waals surface area contributed by atoms with E-state index >= 15 is 0 Å². The summed E-state index contributed by atoms with van der Waals surface area (Å²) in [6, 6.07) is 0. The van der Waals surface area contributed by atoms with Crippen LogP contribution in [0, 0.1) is 18.8 Å². The van der Waals surface area contributed by atoms with Gasteiger partial charge in [-0.2, -0.15) is 0 Å². The van der Waals surface area contributed by atoms with Gasteiger partial charge in [-0.05, 0) is 29.7 Å². The van der Waals surface area contributed by atoms with Gasteiger partial charge in [0.05, 0.1) is 12.5 Å². The summed E-state index contributed by atoms with van der Waals surface area (Å²) in [4.78, 5) is 28.0. The van der Waals surface area contributed by atoms with Crippen LogP contribution >= 0.6 is 0 Å². The number of nitrogens with zero attached hydrogens (tertiary/aromatic N) is 6. The van der Waals surface area contributed by atoms with Gasteiger partial charge < -0.3 is 9.80 Å². The summed E-state index contributed by atoms with van der Waals surface area (Å²) < 4.78 is 1.62. The number of aromatic nitrogens is 4. The summed E-state index contributed by atoms with van der Waals surface area (Å²) in [6.07, 6.45) is 1.36. The second kappa shape index (κ2) is 5.42. The van der Waals surface area contributed by atoms with E-state index in [0.29, 0.717) is 37.8 Å². The number of rotatable bonds is 3. The van der Waals surface area contributed by atoms with E-state index in [-0.39, 0.29) is 17.7 Å². The maximum Gasteiger partial charge on any atom is 0.227 e. The normalized spacial score (nSPS) is 25.3. The fourth-order valence-corrected chi connectivity index (χ4v) is 3.22. The molecular formula is C13H20N6O2. The number of likely N-dealkylation sites (tertiary alicyclic amines) is 2. The molecule has 2 aliphatic rings. The lowest BCUT2D eigenvalue weighted by atomic mass is 9.88. The quantitative estimate of drug-likeness (QED) is 0.736. The Morgan fingerprint density at radius 2 is 2.19 bits per heavy atom. The standard InChI is InChI=1S/C13H20N6O2/c1-9-14-15-16-19(9)6-4-12(20)18-7-10-3-5-17(2)13(21)11(10)8-18/h10-11H,3-8H2,1-2H3/t10-,11+/m1/s1. The first-order valence-corrected chi connectivity index (χ1v) is 7.32. The van der Waals surface area contributed by atoms with Gasteiger partial charge in [0, 0.05) is 33.1 Å². The van der Waals surface area contributed by atoms with E-state index in [2.05, 4.69) is 15.5 Å². The Kier molecular flexibility index (Phi) is 3.60. The molecule has 2 atom stereocenters. The molecule has 0 saturated carbocycles. The van der Waals surface area contributed by atoms with E-state index in [9.17, 15) is 9.59 Å². The highest BCUT2D eigenvalue weighted by Crippen LogP contribution is 2.31. The van der Waals surface area contributed by atoms with Gasteiger partial charge >= 0.3 is 0 Å². The van der Waals surface area contributed by atoms with E-state index in [1.54, 1.807) is 9.58 Å². The molecule has 0 radical (unpaired) electrons. The molecule has 0 aromatic carbocycles. The molecular weight excluding hydrogens is 272 g/mol. The lowest BCUT2D eigenvalue weighted by molar-refractivity contribution is -0.138. The third-order valence-electron chi connectivity index (χ3n) is 4.57. The molecule has 21 heavy (non-hydrogen) atoms. The van der Waals surface area contributed by atoms with Crippen LogP contribution in [0.25, 0.3) is 0 Å². The number of hydrogen-bond acceptors (Lipinski definition) is 5. The first-order chi connectivity index (χ1) is 10.1. The Morgan fingerprint density at radius 3 is 2.90 bits per heavy atom. The molecule has 3 rings (SSSR count). The molecule has 3 heterocycles. The van der Waals surface area contributed by atoms with Gasteiger partial charge in [-0.1, -0.05) is 0 Å². The summed E-state index contributed by atoms with van der Waals surface area (Å²) in [5.41, 5.74) is 0. The lowest BCUT2D eigenvalue weighted by Gasteiger charge is -2.30. The number of hydrogen-bond donors (Lipinski definition) is 0. The van der Waals surface area contributed by atoms with Gasteiger partial charge in [0.15, 0.2) is 0 Å². The predicted molar refractivity (Wildman–Crippen MR) is 73.0 cm³/mol. The molecule has 8 heteroatoms. The van der Waals surface area contributed by atoms with Crippen LogP contribution in [0.3, 0.4) is 0 Å². The molecule has 2 amide bonds. The van der Waals surface area contributed by atoms with Gasteiger partial charge in [0.2, 0.25) is 11.8 Å². The smallest absolute Gasteiger partial charge is 0.227 e. The van der Waals surface area contributed by atoms with Crippen LogP contribution < -0.4 is 0 Å². The van der Waals surface area contributed by atoms with E-state index in [0.717, 1.165) is 13.0 Å². The lowest BCUT2D eigenvalue weighted by Crippen LogP contribution is -2.42. The number of tetrazole rings is 1. The number of piperidine rings is 1. The molecule has 0 bridgehead atoms. The van der Waals surface area contributed by atoms with Crippen LogP contribution in [0.4, 0.5) is 0 Å². The minimum atomic E-state index is -0.0116. The summed E-state index contributed by atoms with van der Waals surface area (Å²) in [5.74, 6) is 1.28. The van der Waals surface area contributed by atoms with Crippen molar-refractivity contribution < 1.29 is 9.59 Å². The highest BCUT2D eigenvalue weighted by atomic mass is 16.2. The molecule has 0 unspecified atom stereocenters. The molecule has 0 spiro atoms. The summed E-state index contributed by atoms with van der Waals surface area (Å²) in [7, 11) is 1.84. The second-order valence-electron chi connectivity index (χ2n) is 5.91. The van der Waals surface area contributed by atoms with Crippen LogP contribution in [-0.4, -0.2) is 68.5 Å². The Balaban J connectivity index is 1.57. The highest BCUT2D eigenvalue weighted by Gasteiger charge is 2.42. The van der Waals surface area contributed by atoms with Crippen LogP contribution in [-0.2, 0) is 16.1 Å². The maximum absolute atomic E-state index is 12.3. The zero-order valence-electron chi connectivity index (χ0n) is 12.4. The summed E-state index contributed by atoms with van der Waals surface area (Å²) in [5, 5.41) is 11.2. The minimum Gasteiger partial charge on any atom is -0.345 e. The highest BCUT2D eigenvalue weighted by molar-refractivity contribution is 5.83. The Hall–Kier alpha value is -1.99. The van der Waals surface area contributed by atoms with Crippen molar-refractivity contribution in [1.82, 2.24) is 30.0 Å². The Labute approximate surface area is 123 Å². The van der Waals surface area contributed by atoms with Crippen LogP contribution in [0.2, 0.25) is 0 Å². The average molecular weight is 292 g/mol. The van der Waals surface area contributed by atoms with Crippen molar-refractivity contribution in [2.24, 2.45) is 11.8 Å². The van der Waals surface area contributed by atoms with Gasteiger partial charge in [-0.15, -0.1) is 5.10 Å². The number of carbonyl (C=O) groups excluding carboxylic acids is 2. The van der Waals surface area contributed by atoms with Crippen LogP contribution in [0.15, 0.2) is 0 Å². The number of amides is 2. The van der Waals surface area contributed by atoms with Crippen LogP contribution in [0.1, 0.15) is 18.7 Å². The summed E-state index contributed by atoms with van der Waals surface area (Å²) >= 11 is 0. The molecule has 2 fully saturated rings. The second-order valence-corrected chi connectivity index (χ2v) is 5.91. The molecule has 0 aliphatic carbocycles. The molecule has 114 valence electrons. The van der Waals surface area contributed by atoms with Crippen molar-refractivity contribution in [1.29, 1.82) is 0 Å². The van der Waals surface area contributed by atoms with E-state index in [4.69, 9.17) is 0 Å². The number of fused-ring (bicyclic) bond motifs is 1. The van der Waals surface area contributed by atoms with Crippen molar-refractivity contribution in [2.45, 2.75) is 26.3 Å². The van der Waals surface area contributed by atoms with Crippen molar-refractivity contribution in [2.75, 3.05) is 26.7 Å². The van der Waals surface area contributed by atoms with Gasteiger partial charge in [0.25, 0.3) is 0 Å². The first-order valence-electron chi connectivity index (χ1n) is 7.32. The third kappa shape index (κ3) is 2.62. The average Bonchev–Trinajstić information content (AvgIpc) is 3.07. The molecule has 1 aromatic rings. The first kappa shape index (κ1) is 14.0.